The number of pyridine rings is 1. The quantitative estimate of drug-likeness (QED) is 0.877. The van der Waals surface area contributed by atoms with Crippen LogP contribution in [0.2, 0.25) is 0 Å². The standard InChI is InChI=1S/C14H17N3O2S/c1-9-10(12(18)19-4)5-6-11(16-9)17-14(2,3)13-15-7-8-20-13/h5-8H,1-4H3,(H,16,17). The predicted molar refractivity (Wildman–Crippen MR) is 79.1 cm³/mol. The number of carbonyl (C=O) groups excluding carboxylic acids is 1. The van der Waals surface area contributed by atoms with Crippen molar-refractivity contribution in [1.82, 2.24) is 9.97 Å². The number of aromatic nitrogens is 2. The highest BCUT2D eigenvalue weighted by atomic mass is 32.1. The van der Waals surface area contributed by atoms with E-state index in [1.807, 2.05) is 19.2 Å². The molecule has 106 valence electrons. The molecule has 2 aromatic heterocycles. The molecule has 0 radical (unpaired) electrons. The van der Waals surface area contributed by atoms with Gasteiger partial charge >= 0.3 is 5.97 Å². The van der Waals surface area contributed by atoms with Crippen molar-refractivity contribution in [2.24, 2.45) is 0 Å². The van der Waals surface area contributed by atoms with Crippen molar-refractivity contribution in [1.29, 1.82) is 0 Å². The Balaban J connectivity index is 2.23. The first-order valence-electron chi connectivity index (χ1n) is 6.18. The largest absolute Gasteiger partial charge is 0.465 e. The number of esters is 1. The summed E-state index contributed by atoms with van der Waals surface area (Å²) in [6, 6.07) is 3.49. The van der Waals surface area contributed by atoms with Crippen LogP contribution >= 0.6 is 11.3 Å². The first-order valence-corrected chi connectivity index (χ1v) is 7.06. The Morgan fingerprint density at radius 2 is 2.15 bits per heavy atom. The van der Waals surface area contributed by atoms with E-state index < -0.39 is 0 Å². The molecular formula is C14H17N3O2S. The van der Waals surface area contributed by atoms with E-state index >= 15 is 0 Å². The third-order valence-corrected chi connectivity index (χ3v) is 4.00. The monoisotopic (exact) mass is 291 g/mol. The highest BCUT2D eigenvalue weighted by Crippen LogP contribution is 2.26. The second kappa shape index (κ2) is 5.58. The summed E-state index contributed by atoms with van der Waals surface area (Å²) in [6.07, 6.45) is 1.78. The van der Waals surface area contributed by atoms with Gasteiger partial charge in [0.2, 0.25) is 0 Å². The highest BCUT2D eigenvalue weighted by molar-refractivity contribution is 7.09. The smallest absolute Gasteiger partial charge is 0.339 e. The second-order valence-electron chi connectivity index (χ2n) is 4.91. The van der Waals surface area contributed by atoms with Crippen LogP contribution in [0.25, 0.3) is 0 Å². The van der Waals surface area contributed by atoms with Crippen molar-refractivity contribution in [2.75, 3.05) is 12.4 Å². The van der Waals surface area contributed by atoms with Crippen molar-refractivity contribution in [2.45, 2.75) is 26.3 Å². The summed E-state index contributed by atoms with van der Waals surface area (Å²) in [6.45, 7) is 5.86. The van der Waals surface area contributed by atoms with Crippen LogP contribution in [0.4, 0.5) is 5.82 Å². The predicted octanol–water partition coefficient (Wildman–Crippen LogP) is 2.98. The summed E-state index contributed by atoms with van der Waals surface area (Å²) in [5.74, 6) is 0.330. The molecule has 2 aromatic rings. The average molecular weight is 291 g/mol. The van der Waals surface area contributed by atoms with Gasteiger partial charge in [-0.3, -0.25) is 0 Å². The molecule has 0 saturated carbocycles. The number of nitrogens with zero attached hydrogens (tertiary/aromatic N) is 2. The fourth-order valence-corrected chi connectivity index (χ4v) is 2.58. The van der Waals surface area contributed by atoms with Crippen molar-refractivity contribution < 1.29 is 9.53 Å². The van der Waals surface area contributed by atoms with Gasteiger partial charge in [-0.15, -0.1) is 11.3 Å². The normalized spacial score (nSPS) is 11.2. The fourth-order valence-electron chi connectivity index (χ4n) is 1.86. The van der Waals surface area contributed by atoms with Gasteiger partial charge in [-0.25, -0.2) is 14.8 Å². The minimum Gasteiger partial charge on any atom is -0.465 e. The van der Waals surface area contributed by atoms with Gasteiger partial charge in [0.05, 0.1) is 23.9 Å². The zero-order valence-electron chi connectivity index (χ0n) is 11.9. The summed E-state index contributed by atoms with van der Waals surface area (Å²) in [7, 11) is 1.36. The minimum absolute atomic E-state index is 0.319. The fraction of sp³-hybridized carbons (Fsp3) is 0.357. The van der Waals surface area contributed by atoms with Crippen LogP contribution in [-0.2, 0) is 10.3 Å². The number of anilines is 1. The summed E-state index contributed by atoms with van der Waals surface area (Å²) in [5, 5.41) is 6.25. The molecule has 5 nitrogen and oxygen atoms in total. The third kappa shape index (κ3) is 2.96. The molecule has 2 rings (SSSR count). The van der Waals surface area contributed by atoms with E-state index in [-0.39, 0.29) is 11.5 Å². The summed E-state index contributed by atoms with van der Waals surface area (Å²) >= 11 is 1.59. The Hall–Kier alpha value is -1.95. The molecule has 0 bridgehead atoms. The van der Waals surface area contributed by atoms with Crippen molar-refractivity contribution in [3.63, 3.8) is 0 Å². The van der Waals surface area contributed by atoms with Crippen LogP contribution in [0.3, 0.4) is 0 Å². The number of rotatable bonds is 4. The van der Waals surface area contributed by atoms with Gasteiger partial charge in [-0.2, -0.15) is 0 Å². The summed E-state index contributed by atoms with van der Waals surface area (Å²) in [5.41, 5.74) is 0.794. The van der Waals surface area contributed by atoms with E-state index in [1.165, 1.54) is 7.11 Å². The molecule has 0 atom stereocenters. The van der Waals surface area contributed by atoms with Crippen LogP contribution in [0.15, 0.2) is 23.7 Å². The van der Waals surface area contributed by atoms with Crippen LogP contribution < -0.4 is 5.32 Å². The maximum atomic E-state index is 11.5. The minimum atomic E-state index is -0.374. The van der Waals surface area contributed by atoms with Gasteiger partial charge in [0.1, 0.15) is 10.8 Å². The highest BCUT2D eigenvalue weighted by Gasteiger charge is 2.24. The van der Waals surface area contributed by atoms with Crippen LogP contribution in [-0.4, -0.2) is 23.0 Å². The van der Waals surface area contributed by atoms with Gasteiger partial charge in [0.15, 0.2) is 0 Å². The van der Waals surface area contributed by atoms with Crippen LogP contribution in [0.5, 0.6) is 0 Å². The van der Waals surface area contributed by atoms with E-state index in [9.17, 15) is 4.79 Å². The SMILES string of the molecule is COC(=O)c1ccc(NC(C)(C)c2nccs2)nc1C. The molecule has 0 aliphatic heterocycles. The van der Waals surface area contributed by atoms with Crippen molar-refractivity contribution in [3.05, 3.63) is 40.0 Å². The van der Waals surface area contributed by atoms with Gasteiger partial charge in [-0.1, -0.05) is 0 Å². The van der Waals surface area contributed by atoms with Crippen molar-refractivity contribution in [3.8, 4) is 0 Å². The zero-order chi connectivity index (χ0) is 14.8. The molecule has 0 fully saturated rings. The number of nitrogens with one attached hydrogen (secondary N) is 1. The average Bonchev–Trinajstić information content (AvgIpc) is 2.92. The topological polar surface area (TPSA) is 64.1 Å². The maximum Gasteiger partial charge on any atom is 0.339 e. The Bertz CT molecular complexity index is 609. The van der Waals surface area contributed by atoms with Crippen molar-refractivity contribution >= 4 is 23.1 Å². The molecule has 0 unspecified atom stereocenters. The Kier molecular flexibility index (Phi) is 4.04. The molecule has 20 heavy (non-hydrogen) atoms. The third-order valence-electron chi connectivity index (χ3n) is 2.90. The Morgan fingerprint density at radius 3 is 2.70 bits per heavy atom. The summed E-state index contributed by atoms with van der Waals surface area (Å²) in [4.78, 5) is 20.2. The molecule has 0 spiro atoms. The number of hydrogen-bond acceptors (Lipinski definition) is 6. The maximum absolute atomic E-state index is 11.5. The van der Waals surface area contributed by atoms with Gasteiger partial charge in [-0.05, 0) is 32.9 Å². The van der Waals surface area contributed by atoms with E-state index in [0.29, 0.717) is 17.1 Å². The van der Waals surface area contributed by atoms with Gasteiger partial charge in [0, 0.05) is 11.6 Å². The van der Waals surface area contributed by atoms with Gasteiger partial charge in [0.25, 0.3) is 0 Å². The lowest BCUT2D eigenvalue weighted by Crippen LogP contribution is -2.28. The van der Waals surface area contributed by atoms with Gasteiger partial charge < -0.3 is 10.1 Å². The lowest BCUT2D eigenvalue weighted by molar-refractivity contribution is 0.0599. The molecule has 2 heterocycles. The molecule has 6 heteroatoms. The molecule has 0 amide bonds. The molecule has 0 aliphatic carbocycles. The number of thiazole rings is 1. The van der Waals surface area contributed by atoms with E-state index in [0.717, 1.165) is 5.01 Å². The Labute approximate surface area is 122 Å². The molecular weight excluding hydrogens is 274 g/mol. The van der Waals surface area contributed by atoms with E-state index in [4.69, 9.17) is 4.74 Å². The number of aryl methyl sites for hydroxylation is 1. The zero-order valence-corrected chi connectivity index (χ0v) is 12.7. The lowest BCUT2D eigenvalue weighted by atomic mass is 10.1. The summed E-state index contributed by atoms with van der Waals surface area (Å²) < 4.78 is 4.71. The van der Waals surface area contributed by atoms with E-state index in [2.05, 4.69) is 15.3 Å². The number of methoxy groups -OCH3 is 1. The molecule has 1 N–H and O–H groups in total. The molecule has 0 saturated heterocycles. The lowest BCUT2D eigenvalue weighted by Gasteiger charge is -2.24. The first-order chi connectivity index (χ1) is 9.44. The first kappa shape index (κ1) is 14.5. The van der Waals surface area contributed by atoms with Crippen LogP contribution in [0.1, 0.15) is 34.9 Å². The number of carbonyl (C=O) groups is 1. The second-order valence-corrected chi connectivity index (χ2v) is 5.80. The number of ether oxygens (including phenoxy) is 1. The Morgan fingerprint density at radius 1 is 1.40 bits per heavy atom. The van der Waals surface area contributed by atoms with Crippen LogP contribution in [0, 0.1) is 6.92 Å². The van der Waals surface area contributed by atoms with E-state index in [1.54, 1.807) is 36.6 Å². The number of hydrogen-bond donors (Lipinski definition) is 1. The molecule has 0 aromatic carbocycles. The molecule has 0 aliphatic rings.